The van der Waals surface area contributed by atoms with Crippen molar-refractivity contribution in [2.75, 3.05) is 0 Å². The Balaban J connectivity index is 3.01. The molecule has 0 aliphatic carbocycles. The van der Waals surface area contributed by atoms with Crippen molar-refractivity contribution >= 4 is 12.6 Å². The molecule has 0 saturated heterocycles. The van der Waals surface area contributed by atoms with Crippen molar-refractivity contribution in [2.45, 2.75) is 5.75 Å². The molecule has 0 atom stereocenters. The summed E-state index contributed by atoms with van der Waals surface area (Å²) in [6, 6.07) is 0. The smallest absolute Gasteiger partial charge is 0.296 e. The van der Waals surface area contributed by atoms with Crippen LogP contribution in [-0.2, 0) is 5.75 Å². The van der Waals surface area contributed by atoms with Crippen molar-refractivity contribution in [2.24, 2.45) is 0 Å². The van der Waals surface area contributed by atoms with Gasteiger partial charge in [0.2, 0.25) is 0 Å². The summed E-state index contributed by atoms with van der Waals surface area (Å²) in [5, 5.41) is 3.31. The zero-order chi connectivity index (χ0) is 5.98. The second-order valence-corrected chi connectivity index (χ2v) is 1.52. The van der Waals surface area contributed by atoms with Crippen LogP contribution >= 0.6 is 12.6 Å². The number of rotatable bonds is 1. The fourth-order valence-electron chi connectivity index (χ4n) is 0.328. The molecule has 1 aromatic heterocycles. The molecular formula is C3H4N2O2S. The molecule has 0 aromatic carbocycles. The van der Waals surface area contributed by atoms with E-state index < -0.39 is 5.76 Å². The van der Waals surface area contributed by atoms with Gasteiger partial charge in [0.1, 0.15) is 0 Å². The summed E-state index contributed by atoms with van der Waals surface area (Å²) in [7, 11) is 0. The van der Waals surface area contributed by atoms with Gasteiger partial charge in [0.15, 0.2) is 5.82 Å². The second kappa shape index (κ2) is 2.04. The lowest BCUT2D eigenvalue weighted by Gasteiger charge is -1.74. The highest BCUT2D eigenvalue weighted by Crippen LogP contribution is 1.87. The molecular weight excluding hydrogens is 128 g/mol. The van der Waals surface area contributed by atoms with Gasteiger partial charge in [-0.1, -0.05) is 5.16 Å². The van der Waals surface area contributed by atoms with Crippen molar-refractivity contribution < 1.29 is 4.52 Å². The molecule has 0 radical (unpaired) electrons. The summed E-state index contributed by atoms with van der Waals surface area (Å²) in [4.78, 5) is 12.4. The average molecular weight is 132 g/mol. The van der Waals surface area contributed by atoms with Gasteiger partial charge in [-0.3, -0.25) is 9.51 Å². The molecule has 1 rings (SSSR count). The quantitative estimate of drug-likeness (QED) is 0.520. The predicted octanol–water partition coefficient (Wildman–Crippen LogP) is -0.207. The molecule has 1 aromatic rings. The predicted molar refractivity (Wildman–Crippen MR) is 29.8 cm³/mol. The Hall–Kier alpha value is -0.710. The number of hydrogen-bond acceptors (Lipinski definition) is 4. The van der Waals surface area contributed by atoms with Gasteiger partial charge in [0.25, 0.3) is 0 Å². The molecule has 44 valence electrons. The minimum absolute atomic E-state index is 0.395. The standard InChI is InChI=1S/C3H4N2O2S/c6-3-4-2(1-8)5-7-3/h8H,1H2,(H,4,5,6). The van der Waals surface area contributed by atoms with Crippen LogP contribution in [-0.4, -0.2) is 10.1 Å². The monoisotopic (exact) mass is 132 g/mol. The fourth-order valence-corrected chi connectivity index (χ4v) is 0.465. The van der Waals surface area contributed by atoms with Gasteiger partial charge in [-0.25, -0.2) is 4.79 Å². The minimum atomic E-state index is -0.533. The molecule has 0 saturated carbocycles. The van der Waals surface area contributed by atoms with Crippen LogP contribution in [0.1, 0.15) is 5.82 Å². The normalized spacial score (nSPS) is 9.62. The Bertz CT molecular complexity index is 215. The van der Waals surface area contributed by atoms with Crippen molar-refractivity contribution in [3.8, 4) is 0 Å². The van der Waals surface area contributed by atoms with Gasteiger partial charge >= 0.3 is 5.76 Å². The SMILES string of the molecule is O=c1[nH]c(CS)no1. The molecule has 1 heterocycles. The van der Waals surface area contributed by atoms with Crippen LogP contribution in [0, 0.1) is 0 Å². The Labute approximate surface area is 50.3 Å². The van der Waals surface area contributed by atoms with Crippen LogP contribution in [0.4, 0.5) is 0 Å². The average Bonchev–Trinajstić information content (AvgIpc) is 2.14. The number of nitrogens with zero attached hydrogens (tertiary/aromatic N) is 1. The molecule has 5 heteroatoms. The Morgan fingerprint density at radius 1 is 1.88 bits per heavy atom. The third-order valence-corrected chi connectivity index (χ3v) is 0.934. The maximum absolute atomic E-state index is 10.1. The Kier molecular flexibility index (Phi) is 1.38. The van der Waals surface area contributed by atoms with E-state index in [1.54, 1.807) is 0 Å². The lowest BCUT2D eigenvalue weighted by Crippen LogP contribution is -1.95. The molecule has 0 unspecified atom stereocenters. The summed E-state index contributed by atoms with van der Waals surface area (Å²) in [5.41, 5.74) is 0. The minimum Gasteiger partial charge on any atom is -0.296 e. The summed E-state index contributed by atoms with van der Waals surface area (Å²) in [6.07, 6.45) is 0. The number of nitrogens with one attached hydrogen (secondary N) is 1. The number of hydrogen-bond donors (Lipinski definition) is 2. The van der Waals surface area contributed by atoms with E-state index in [1.165, 1.54) is 0 Å². The highest BCUT2D eigenvalue weighted by Gasteiger charge is 1.93. The van der Waals surface area contributed by atoms with Gasteiger partial charge in [0.05, 0.1) is 5.75 Å². The largest absolute Gasteiger partial charge is 0.438 e. The maximum Gasteiger partial charge on any atom is 0.438 e. The molecule has 0 fully saturated rings. The first-order valence-electron chi connectivity index (χ1n) is 1.98. The van der Waals surface area contributed by atoms with E-state index in [0.717, 1.165) is 0 Å². The number of aromatic nitrogens is 2. The van der Waals surface area contributed by atoms with E-state index >= 15 is 0 Å². The van der Waals surface area contributed by atoms with E-state index in [2.05, 4.69) is 27.3 Å². The number of H-pyrrole nitrogens is 1. The van der Waals surface area contributed by atoms with Gasteiger partial charge < -0.3 is 0 Å². The first-order valence-corrected chi connectivity index (χ1v) is 2.62. The Morgan fingerprint density at radius 2 is 2.62 bits per heavy atom. The van der Waals surface area contributed by atoms with Gasteiger partial charge in [0, 0.05) is 0 Å². The summed E-state index contributed by atoms with van der Waals surface area (Å²) >= 11 is 3.83. The molecule has 0 spiro atoms. The van der Waals surface area contributed by atoms with Crippen molar-refractivity contribution in [3.63, 3.8) is 0 Å². The first-order chi connectivity index (χ1) is 3.83. The lowest BCUT2D eigenvalue weighted by molar-refractivity contribution is 0.383. The molecule has 1 N–H and O–H groups in total. The number of aromatic amines is 1. The summed E-state index contributed by atoms with van der Waals surface area (Å²) in [5.74, 6) is 0.318. The van der Waals surface area contributed by atoms with Crippen molar-refractivity contribution in [3.05, 3.63) is 16.4 Å². The van der Waals surface area contributed by atoms with E-state index in [-0.39, 0.29) is 0 Å². The number of thiol groups is 1. The molecule has 8 heavy (non-hydrogen) atoms. The van der Waals surface area contributed by atoms with Gasteiger partial charge in [-0.15, -0.1) is 0 Å². The molecule has 0 bridgehead atoms. The van der Waals surface area contributed by atoms with E-state index in [9.17, 15) is 4.79 Å². The summed E-state index contributed by atoms with van der Waals surface area (Å²) in [6.45, 7) is 0. The zero-order valence-electron chi connectivity index (χ0n) is 3.92. The lowest BCUT2D eigenvalue weighted by atomic mass is 10.7. The van der Waals surface area contributed by atoms with Crippen molar-refractivity contribution in [1.29, 1.82) is 0 Å². The third-order valence-electron chi connectivity index (χ3n) is 0.635. The van der Waals surface area contributed by atoms with Crippen LogP contribution in [0.3, 0.4) is 0 Å². The summed E-state index contributed by atoms with van der Waals surface area (Å²) < 4.78 is 4.15. The van der Waals surface area contributed by atoms with Gasteiger partial charge in [-0.05, 0) is 0 Å². The van der Waals surface area contributed by atoms with E-state index in [0.29, 0.717) is 11.6 Å². The second-order valence-electron chi connectivity index (χ2n) is 1.20. The Morgan fingerprint density at radius 3 is 2.88 bits per heavy atom. The van der Waals surface area contributed by atoms with Crippen LogP contribution in [0.2, 0.25) is 0 Å². The van der Waals surface area contributed by atoms with Crippen LogP contribution in [0.25, 0.3) is 0 Å². The van der Waals surface area contributed by atoms with Crippen LogP contribution in [0.15, 0.2) is 9.32 Å². The molecule has 0 amide bonds. The molecule has 0 aliphatic rings. The van der Waals surface area contributed by atoms with E-state index in [4.69, 9.17) is 0 Å². The topological polar surface area (TPSA) is 58.9 Å². The fraction of sp³-hybridized carbons (Fsp3) is 0.333. The third kappa shape index (κ3) is 0.919. The highest BCUT2D eigenvalue weighted by molar-refractivity contribution is 7.79. The maximum atomic E-state index is 10.1. The zero-order valence-corrected chi connectivity index (χ0v) is 4.81. The van der Waals surface area contributed by atoms with Gasteiger partial charge in [-0.2, -0.15) is 12.6 Å². The highest BCUT2D eigenvalue weighted by atomic mass is 32.1. The van der Waals surface area contributed by atoms with Crippen LogP contribution in [0.5, 0.6) is 0 Å². The first kappa shape index (κ1) is 5.43. The van der Waals surface area contributed by atoms with Crippen LogP contribution < -0.4 is 5.76 Å². The van der Waals surface area contributed by atoms with E-state index in [1.807, 2.05) is 0 Å². The molecule has 0 aliphatic heterocycles. The van der Waals surface area contributed by atoms with Crippen molar-refractivity contribution in [1.82, 2.24) is 10.1 Å². The molecule has 4 nitrogen and oxygen atoms in total.